The molecular formula is C21H23FO3. The van der Waals surface area contributed by atoms with Crippen LogP contribution in [0.4, 0.5) is 4.39 Å². The van der Waals surface area contributed by atoms with Crippen LogP contribution in [0.1, 0.15) is 27.2 Å². The minimum atomic E-state index is -0.322. The van der Waals surface area contributed by atoms with E-state index < -0.39 is 0 Å². The van der Waals surface area contributed by atoms with E-state index in [1.54, 1.807) is 6.92 Å². The van der Waals surface area contributed by atoms with Gasteiger partial charge in [0.2, 0.25) is 0 Å². The summed E-state index contributed by atoms with van der Waals surface area (Å²) in [6, 6.07) is 12.3. The van der Waals surface area contributed by atoms with Gasteiger partial charge in [-0.3, -0.25) is 4.79 Å². The van der Waals surface area contributed by atoms with E-state index in [1.165, 1.54) is 12.1 Å². The van der Waals surface area contributed by atoms with Gasteiger partial charge < -0.3 is 9.47 Å². The smallest absolute Gasteiger partial charge is 0.133 e. The van der Waals surface area contributed by atoms with Gasteiger partial charge in [-0.2, -0.15) is 0 Å². The van der Waals surface area contributed by atoms with Gasteiger partial charge in [-0.15, -0.1) is 0 Å². The fourth-order valence-electron chi connectivity index (χ4n) is 2.95. The van der Waals surface area contributed by atoms with Crippen molar-refractivity contribution in [3.8, 4) is 22.6 Å². The standard InChI is InChI=1S/C21H23FO3/c1-13(2)25-20-9-16(8-18(22)11-20)15-4-6-19(7-5-15)24-12-17-10-21(17)14(3)23/h4-9,11,13,17,21H,10,12H2,1-3H3. The van der Waals surface area contributed by atoms with E-state index >= 15 is 0 Å². The van der Waals surface area contributed by atoms with Crippen molar-refractivity contribution >= 4 is 5.78 Å². The van der Waals surface area contributed by atoms with Crippen LogP contribution in [0, 0.1) is 17.7 Å². The van der Waals surface area contributed by atoms with Crippen LogP contribution in [-0.4, -0.2) is 18.5 Å². The van der Waals surface area contributed by atoms with E-state index in [9.17, 15) is 9.18 Å². The van der Waals surface area contributed by atoms with Crippen LogP contribution in [-0.2, 0) is 4.79 Å². The molecule has 0 aromatic heterocycles. The second kappa shape index (κ2) is 7.26. The number of ketones is 1. The molecule has 0 amide bonds. The molecule has 2 aromatic carbocycles. The number of ether oxygens (including phenoxy) is 2. The number of carbonyl (C=O) groups excluding carboxylic acids is 1. The predicted octanol–water partition coefficient (Wildman–Crippen LogP) is 4.88. The van der Waals surface area contributed by atoms with Crippen LogP contribution in [0.5, 0.6) is 11.5 Å². The van der Waals surface area contributed by atoms with E-state index in [0.29, 0.717) is 18.3 Å². The predicted molar refractivity (Wildman–Crippen MR) is 95.4 cm³/mol. The van der Waals surface area contributed by atoms with Crippen molar-refractivity contribution in [2.45, 2.75) is 33.3 Å². The zero-order chi connectivity index (χ0) is 18.0. The number of benzene rings is 2. The maximum absolute atomic E-state index is 13.8. The Morgan fingerprint density at radius 3 is 2.44 bits per heavy atom. The fraction of sp³-hybridized carbons (Fsp3) is 0.381. The summed E-state index contributed by atoms with van der Waals surface area (Å²) in [6.45, 7) is 6.02. The van der Waals surface area contributed by atoms with E-state index in [1.807, 2.05) is 44.2 Å². The van der Waals surface area contributed by atoms with Crippen LogP contribution >= 0.6 is 0 Å². The number of carbonyl (C=O) groups is 1. The van der Waals surface area contributed by atoms with Crippen molar-refractivity contribution in [1.82, 2.24) is 0 Å². The van der Waals surface area contributed by atoms with Crippen molar-refractivity contribution in [3.05, 3.63) is 48.3 Å². The molecule has 0 N–H and O–H groups in total. The second-order valence-corrected chi connectivity index (χ2v) is 6.89. The zero-order valence-corrected chi connectivity index (χ0v) is 14.8. The van der Waals surface area contributed by atoms with Gasteiger partial charge in [0.25, 0.3) is 0 Å². The van der Waals surface area contributed by atoms with Gasteiger partial charge in [0.05, 0.1) is 12.7 Å². The van der Waals surface area contributed by atoms with E-state index in [2.05, 4.69) is 0 Å². The van der Waals surface area contributed by atoms with E-state index in [0.717, 1.165) is 23.3 Å². The molecule has 1 saturated carbocycles. The molecule has 1 aliphatic carbocycles. The van der Waals surface area contributed by atoms with Crippen molar-refractivity contribution in [1.29, 1.82) is 0 Å². The molecule has 0 spiro atoms. The summed E-state index contributed by atoms with van der Waals surface area (Å²) in [6.07, 6.45) is 0.918. The van der Waals surface area contributed by atoms with Crippen LogP contribution in [0.2, 0.25) is 0 Å². The van der Waals surface area contributed by atoms with Crippen molar-refractivity contribution in [3.63, 3.8) is 0 Å². The highest BCUT2D eigenvalue weighted by atomic mass is 19.1. The number of hydrogen-bond donors (Lipinski definition) is 0. The Morgan fingerprint density at radius 1 is 1.12 bits per heavy atom. The number of halogens is 1. The molecule has 2 unspecified atom stereocenters. The van der Waals surface area contributed by atoms with Gasteiger partial charge in [-0.25, -0.2) is 4.39 Å². The quantitative estimate of drug-likeness (QED) is 0.719. The third kappa shape index (κ3) is 4.59. The summed E-state index contributed by atoms with van der Waals surface area (Å²) in [5.41, 5.74) is 1.66. The van der Waals surface area contributed by atoms with Crippen molar-refractivity contribution < 1.29 is 18.7 Å². The third-order valence-corrected chi connectivity index (χ3v) is 4.34. The summed E-state index contributed by atoms with van der Waals surface area (Å²) in [5.74, 6) is 1.72. The Kier molecular flexibility index (Phi) is 5.07. The van der Waals surface area contributed by atoms with Gasteiger partial charge in [0.1, 0.15) is 23.1 Å². The van der Waals surface area contributed by atoms with Crippen molar-refractivity contribution in [2.24, 2.45) is 11.8 Å². The fourth-order valence-corrected chi connectivity index (χ4v) is 2.95. The normalized spacial score (nSPS) is 18.9. The Bertz CT molecular complexity index is 752. The molecule has 3 rings (SSSR count). The van der Waals surface area contributed by atoms with Gasteiger partial charge in [-0.1, -0.05) is 12.1 Å². The highest BCUT2D eigenvalue weighted by Crippen LogP contribution is 2.39. The average molecular weight is 342 g/mol. The molecule has 0 radical (unpaired) electrons. The molecule has 25 heavy (non-hydrogen) atoms. The second-order valence-electron chi connectivity index (χ2n) is 6.89. The zero-order valence-electron chi connectivity index (χ0n) is 14.8. The number of rotatable bonds is 7. The van der Waals surface area contributed by atoms with Gasteiger partial charge in [0.15, 0.2) is 0 Å². The van der Waals surface area contributed by atoms with Gasteiger partial charge in [0, 0.05) is 17.9 Å². The largest absolute Gasteiger partial charge is 0.493 e. The molecular weight excluding hydrogens is 319 g/mol. The Morgan fingerprint density at radius 2 is 1.84 bits per heavy atom. The monoisotopic (exact) mass is 342 g/mol. The number of hydrogen-bond acceptors (Lipinski definition) is 3. The Balaban J connectivity index is 1.66. The summed E-state index contributed by atoms with van der Waals surface area (Å²) < 4.78 is 25.2. The molecule has 0 aliphatic heterocycles. The molecule has 1 fully saturated rings. The molecule has 2 aromatic rings. The molecule has 2 atom stereocenters. The average Bonchev–Trinajstić information content (AvgIpc) is 3.32. The van der Waals surface area contributed by atoms with Crippen LogP contribution in [0.3, 0.4) is 0 Å². The lowest BCUT2D eigenvalue weighted by Gasteiger charge is -2.12. The molecule has 0 heterocycles. The van der Waals surface area contributed by atoms with Gasteiger partial charge in [-0.05, 0) is 62.6 Å². The third-order valence-electron chi connectivity index (χ3n) is 4.34. The first-order valence-corrected chi connectivity index (χ1v) is 8.63. The summed E-state index contributed by atoms with van der Waals surface area (Å²) in [7, 11) is 0. The first-order valence-electron chi connectivity index (χ1n) is 8.63. The summed E-state index contributed by atoms with van der Waals surface area (Å²) in [4.78, 5) is 11.3. The topological polar surface area (TPSA) is 35.5 Å². The molecule has 1 aliphatic rings. The lowest BCUT2D eigenvalue weighted by atomic mass is 10.1. The Hall–Kier alpha value is -2.36. The highest BCUT2D eigenvalue weighted by Gasteiger charge is 2.41. The summed E-state index contributed by atoms with van der Waals surface area (Å²) >= 11 is 0. The lowest BCUT2D eigenvalue weighted by Crippen LogP contribution is -2.05. The van der Waals surface area contributed by atoms with E-state index in [-0.39, 0.29) is 23.6 Å². The molecule has 0 saturated heterocycles. The van der Waals surface area contributed by atoms with Crippen molar-refractivity contribution in [2.75, 3.05) is 6.61 Å². The van der Waals surface area contributed by atoms with Crippen LogP contribution in [0.15, 0.2) is 42.5 Å². The maximum Gasteiger partial charge on any atom is 0.133 e. The molecule has 4 heteroatoms. The molecule has 3 nitrogen and oxygen atoms in total. The maximum atomic E-state index is 13.8. The first-order chi connectivity index (χ1) is 11.9. The summed E-state index contributed by atoms with van der Waals surface area (Å²) in [5, 5.41) is 0. The number of Topliss-reactive ketones (excluding diaryl/α,β-unsaturated/α-hetero) is 1. The Labute approximate surface area is 147 Å². The highest BCUT2D eigenvalue weighted by molar-refractivity contribution is 5.81. The first kappa shape index (κ1) is 17.5. The SMILES string of the molecule is CC(=O)C1CC1COc1ccc(-c2cc(F)cc(OC(C)C)c2)cc1. The van der Waals surface area contributed by atoms with Crippen LogP contribution in [0.25, 0.3) is 11.1 Å². The van der Waals surface area contributed by atoms with Gasteiger partial charge >= 0.3 is 0 Å². The minimum Gasteiger partial charge on any atom is -0.493 e. The lowest BCUT2D eigenvalue weighted by molar-refractivity contribution is -0.118. The van der Waals surface area contributed by atoms with Crippen LogP contribution < -0.4 is 9.47 Å². The van der Waals surface area contributed by atoms with E-state index in [4.69, 9.17) is 9.47 Å². The minimum absolute atomic E-state index is 0.00771. The molecule has 132 valence electrons. The molecule has 0 bridgehead atoms.